The maximum absolute atomic E-state index is 10.0. The van der Waals surface area contributed by atoms with E-state index < -0.39 is 6.10 Å². The van der Waals surface area contributed by atoms with E-state index in [1.807, 2.05) is 56.3 Å². The van der Waals surface area contributed by atoms with Crippen LogP contribution in [-0.4, -0.2) is 24.4 Å². The van der Waals surface area contributed by atoms with Crippen molar-refractivity contribution in [1.82, 2.24) is 0 Å². The zero-order chi connectivity index (χ0) is 15.2. The molecule has 0 aliphatic rings. The molecule has 112 valence electrons. The summed E-state index contributed by atoms with van der Waals surface area (Å²) in [6.45, 7) is 4.66. The first-order chi connectivity index (χ1) is 10.1. The summed E-state index contributed by atoms with van der Waals surface area (Å²) in [5, 5.41) is 13.8. The number of rotatable bonds is 6. The molecule has 21 heavy (non-hydrogen) atoms. The van der Waals surface area contributed by atoms with Crippen molar-refractivity contribution in [3.8, 4) is 5.75 Å². The molecule has 0 bridgehead atoms. The van der Waals surface area contributed by atoms with Gasteiger partial charge in [0, 0.05) is 17.3 Å². The van der Waals surface area contributed by atoms with Crippen LogP contribution in [0.4, 0.5) is 5.69 Å². The monoisotopic (exact) mass is 305 g/mol. The third kappa shape index (κ3) is 4.66. The highest BCUT2D eigenvalue weighted by Crippen LogP contribution is 2.22. The largest absolute Gasteiger partial charge is 0.490 e. The van der Waals surface area contributed by atoms with Crippen LogP contribution in [0.25, 0.3) is 0 Å². The van der Waals surface area contributed by atoms with Crippen molar-refractivity contribution in [1.29, 1.82) is 0 Å². The third-order valence-corrected chi connectivity index (χ3v) is 3.43. The number of aliphatic hydroxyl groups is 1. The van der Waals surface area contributed by atoms with Crippen LogP contribution >= 0.6 is 11.6 Å². The van der Waals surface area contributed by atoms with Crippen LogP contribution in [0, 0.1) is 13.8 Å². The van der Waals surface area contributed by atoms with Crippen molar-refractivity contribution in [2.45, 2.75) is 20.0 Å². The van der Waals surface area contributed by atoms with Gasteiger partial charge in [-0.05, 0) is 43.2 Å². The van der Waals surface area contributed by atoms with Crippen LogP contribution < -0.4 is 10.1 Å². The lowest BCUT2D eigenvalue weighted by molar-refractivity contribution is 0.117. The Hall–Kier alpha value is -1.71. The fourth-order valence-electron chi connectivity index (χ4n) is 2.10. The van der Waals surface area contributed by atoms with Gasteiger partial charge in [0.15, 0.2) is 0 Å². The SMILES string of the molecule is Cc1cccc(C)c1OCC(O)CNc1cccc(Cl)c1. The minimum Gasteiger partial charge on any atom is -0.490 e. The van der Waals surface area contributed by atoms with E-state index in [2.05, 4.69) is 5.32 Å². The van der Waals surface area contributed by atoms with E-state index >= 15 is 0 Å². The van der Waals surface area contributed by atoms with E-state index in [0.29, 0.717) is 11.6 Å². The molecule has 0 fully saturated rings. The van der Waals surface area contributed by atoms with Crippen LogP contribution in [0.1, 0.15) is 11.1 Å². The molecule has 0 radical (unpaired) electrons. The molecule has 2 N–H and O–H groups in total. The normalized spacial score (nSPS) is 12.0. The van der Waals surface area contributed by atoms with Crippen molar-refractivity contribution in [2.75, 3.05) is 18.5 Å². The molecule has 0 aliphatic heterocycles. The van der Waals surface area contributed by atoms with Gasteiger partial charge in [0.05, 0.1) is 0 Å². The Morgan fingerprint density at radius 2 is 1.81 bits per heavy atom. The number of ether oxygens (including phenoxy) is 1. The first kappa shape index (κ1) is 15.7. The zero-order valence-corrected chi connectivity index (χ0v) is 13.0. The number of halogens is 1. The van der Waals surface area contributed by atoms with Gasteiger partial charge in [-0.25, -0.2) is 0 Å². The smallest absolute Gasteiger partial charge is 0.125 e. The quantitative estimate of drug-likeness (QED) is 0.853. The van der Waals surface area contributed by atoms with E-state index in [1.54, 1.807) is 0 Å². The Kier molecular flexibility index (Phi) is 5.48. The summed E-state index contributed by atoms with van der Waals surface area (Å²) in [4.78, 5) is 0. The number of hydrogen-bond donors (Lipinski definition) is 2. The molecule has 0 aromatic heterocycles. The van der Waals surface area contributed by atoms with Crippen molar-refractivity contribution in [3.05, 3.63) is 58.6 Å². The zero-order valence-electron chi connectivity index (χ0n) is 12.3. The van der Waals surface area contributed by atoms with E-state index in [0.717, 1.165) is 22.6 Å². The van der Waals surface area contributed by atoms with E-state index in [4.69, 9.17) is 16.3 Å². The van der Waals surface area contributed by atoms with Gasteiger partial charge >= 0.3 is 0 Å². The highest BCUT2D eigenvalue weighted by molar-refractivity contribution is 6.30. The summed E-state index contributed by atoms with van der Waals surface area (Å²) in [6.07, 6.45) is -0.594. The second-order valence-corrected chi connectivity index (χ2v) is 5.51. The molecule has 3 nitrogen and oxygen atoms in total. The summed E-state index contributed by atoms with van der Waals surface area (Å²) in [5.41, 5.74) is 3.03. The molecule has 1 atom stereocenters. The lowest BCUT2D eigenvalue weighted by Crippen LogP contribution is -2.26. The van der Waals surface area contributed by atoms with Gasteiger partial charge in [0.1, 0.15) is 18.5 Å². The van der Waals surface area contributed by atoms with Crippen molar-refractivity contribution >= 4 is 17.3 Å². The van der Waals surface area contributed by atoms with Gasteiger partial charge in [-0.15, -0.1) is 0 Å². The summed E-state index contributed by atoms with van der Waals surface area (Å²) >= 11 is 5.91. The second kappa shape index (κ2) is 7.34. The van der Waals surface area contributed by atoms with Crippen molar-refractivity contribution < 1.29 is 9.84 Å². The minimum atomic E-state index is -0.594. The number of nitrogens with one attached hydrogen (secondary N) is 1. The molecule has 2 rings (SSSR count). The maximum atomic E-state index is 10.0. The molecular formula is C17H20ClNO2. The summed E-state index contributed by atoms with van der Waals surface area (Å²) in [7, 11) is 0. The Balaban J connectivity index is 1.84. The first-order valence-electron chi connectivity index (χ1n) is 6.93. The van der Waals surface area contributed by atoms with Gasteiger partial charge in [-0.3, -0.25) is 0 Å². The van der Waals surface area contributed by atoms with Gasteiger partial charge in [0.25, 0.3) is 0 Å². The third-order valence-electron chi connectivity index (χ3n) is 3.20. The van der Waals surface area contributed by atoms with E-state index in [-0.39, 0.29) is 6.61 Å². The number of para-hydroxylation sites is 1. The molecule has 0 saturated heterocycles. The first-order valence-corrected chi connectivity index (χ1v) is 7.30. The number of aryl methyl sites for hydroxylation is 2. The van der Waals surface area contributed by atoms with Crippen molar-refractivity contribution in [3.63, 3.8) is 0 Å². The fourth-order valence-corrected chi connectivity index (χ4v) is 2.29. The van der Waals surface area contributed by atoms with Gasteiger partial charge < -0.3 is 15.2 Å². The average molecular weight is 306 g/mol. The number of hydrogen-bond acceptors (Lipinski definition) is 3. The lowest BCUT2D eigenvalue weighted by atomic mass is 10.1. The van der Waals surface area contributed by atoms with Gasteiger partial charge in [0.2, 0.25) is 0 Å². The summed E-state index contributed by atoms with van der Waals surface area (Å²) in [6, 6.07) is 13.4. The highest BCUT2D eigenvalue weighted by atomic mass is 35.5. The Morgan fingerprint density at radius 1 is 1.14 bits per heavy atom. The van der Waals surface area contributed by atoms with Crippen LogP contribution in [0.15, 0.2) is 42.5 Å². The Morgan fingerprint density at radius 3 is 2.48 bits per heavy atom. The molecule has 2 aromatic carbocycles. The molecule has 0 aliphatic carbocycles. The standard InChI is InChI=1S/C17H20ClNO2/c1-12-5-3-6-13(2)17(12)21-11-16(20)10-19-15-8-4-7-14(18)9-15/h3-9,16,19-20H,10-11H2,1-2H3. The van der Waals surface area contributed by atoms with Crippen LogP contribution in [0.3, 0.4) is 0 Å². The van der Waals surface area contributed by atoms with Gasteiger partial charge in [-0.1, -0.05) is 35.9 Å². The Labute approximate surface area is 130 Å². The van der Waals surface area contributed by atoms with E-state index in [1.165, 1.54) is 0 Å². The molecule has 0 saturated carbocycles. The molecule has 4 heteroatoms. The van der Waals surface area contributed by atoms with Crippen LogP contribution in [-0.2, 0) is 0 Å². The molecule has 1 unspecified atom stereocenters. The minimum absolute atomic E-state index is 0.249. The number of aliphatic hydroxyl groups excluding tert-OH is 1. The lowest BCUT2D eigenvalue weighted by Gasteiger charge is -2.16. The van der Waals surface area contributed by atoms with Crippen LogP contribution in [0.5, 0.6) is 5.75 Å². The average Bonchev–Trinajstić information content (AvgIpc) is 2.45. The molecule has 0 spiro atoms. The topological polar surface area (TPSA) is 41.5 Å². The van der Waals surface area contributed by atoms with Gasteiger partial charge in [-0.2, -0.15) is 0 Å². The Bertz CT molecular complexity index is 581. The van der Waals surface area contributed by atoms with Crippen molar-refractivity contribution in [2.24, 2.45) is 0 Å². The van der Waals surface area contributed by atoms with E-state index in [9.17, 15) is 5.11 Å². The predicted molar refractivity (Wildman–Crippen MR) is 87.4 cm³/mol. The summed E-state index contributed by atoms with van der Waals surface area (Å²) in [5.74, 6) is 0.847. The maximum Gasteiger partial charge on any atom is 0.125 e. The second-order valence-electron chi connectivity index (χ2n) is 5.08. The molecule has 2 aromatic rings. The predicted octanol–water partition coefficient (Wildman–Crippen LogP) is 3.81. The fraction of sp³-hybridized carbons (Fsp3) is 0.294. The molecule has 0 amide bonds. The number of benzene rings is 2. The number of anilines is 1. The highest BCUT2D eigenvalue weighted by Gasteiger charge is 2.08. The molecule has 0 heterocycles. The summed E-state index contributed by atoms with van der Waals surface area (Å²) < 4.78 is 5.73. The van der Waals surface area contributed by atoms with Crippen LogP contribution in [0.2, 0.25) is 5.02 Å². The molecular weight excluding hydrogens is 286 g/mol.